The molecule has 1 heterocycles. The molecule has 4 heteroatoms. The Hall–Kier alpha value is -1.00. The van der Waals surface area contributed by atoms with E-state index in [-0.39, 0.29) is 12.1 Å². The molecule has 1 N–H and O–H groups in total. The van der Waals surface area contributed by atoms with Gasteiger partial charge in [-0.3, -0.25) is 0 Å². The third-order valence-electron chi connectivity index (χ3n) is 3.91. The van der Waals surface area contributed by atoms with Crippen molar-refractivity contribution in [1.29, 1.82) is 0 Å². The van der Waals surface area contributed by atoms with E-state index in [1.54, 1.807) is 6.07 Å². The molecular formula is C16H23F2NO. The van der Waals surface area contributed by atoms with E-state index in [0.29, 0.717) is 24.5 Å². The zero-order valence-corrected chi connectivity index (χ0v) is 12.2. The number of hydrogen-bond acceptors (Lipinski definition) is 2. The first-order valence-corrected chi connectivity index (χ1v) is 7.39. The van der Waals surface area contributed by atoms with Crippen LogP contribution in [-0.2, 0) is 11.2 Å². The van der Waals surface area contributed by atoms with E-state index >= 15 is 0 Å². The van der Waals surface area contributed by atoms with Gasteiger partial charge in [0.25, 0.3) is 0 Å². The molecule has 1 aliphatic heterocycles. The van der Waals surface area contributed by atoms with E-state index in [1.165, 1.54) is 6.07 Å². The van der Waals surface area contributed by atoms with Gasteiger partial charge in [0.1, 0.15) is 11.6 Å². The first-order chi connectivity index (χ1) is 9.60. The van der Waals surface area contributed by atoms with Crippen molar-refractivity contribution in [2.75, 3.05) is 13.2 Å². The maximum Gasteiger partial charge on any atom is 0.129 e. The molecule has 0 aliphatic carbocycles. The second-order valence-electron chi connectivity index (χ2n) is 5.64. The van der Waals surface area contributed by atoms with E-state index < -0.39 is 11.6 Å². The van der Waals surface area contributed by atoms with Crippen molar-refractivity contribution in [3.05, 3.63) is 35.4 Å². The second-order valence-corrected chi connectivity index (χ2v) is 5.64. The summed E-state index contributed by atoms with van der Waals surface area (Å²) in [6.45, 7) is 5.79. The Morgan fingerprint density at radius 3 is 2.80 bits per heavy atom. The van der Waals surface area contributed by atoms with Crippen LogP contribution in [0.5, 0.6) is 0 Å². The lowest BCUT2D eigenvalue weighted by Gasteiger charge is -2.24. The van der Waals surface area contributed by atoms with Crippen molar-refractivity contribution >= 4 is 0 Å². The first-order valence-electron chi connectivity index (χ1n) is 7.39. The summed E-state index contributed by atoms with van der Waals surface area (Å²) in [5, 5.41) is 3.48. The first kappa shape index (κ1) is 15.4. The third-order valence-corrected chi connectivity index (χ3v) is 3.91. The lowest BCUT2D eigenvalue weighted by Crippen LogP contribution is -2.39. The van der Waals surface area contributed by atoms with Gasteiger partial charge in [-0.2, -0.15) is 0 Å². The molecule has 0 spiro atoms. The number of ether oxygens (including phenoxy) is 1. The van der Waals surface area contributed by atoms with Gasteiger partial charge in [-0.05, 0) is 44.4 Å². The molecule has 0 aromatic heterocycles. The van der Waals surface area contributed by atoms with Gasteiger partial charge >= 0.3 is 0 Å². The minimum atomic E-state index is -0.526. The standard InChI is InChI=1S/C16H23F2NO/c1-3-6-19-16(13-7-11(2)20-10-13)8-12-4-5-14(17)9-15(12)18/h4-5,9,11,13,16,19H,3,6-8,10H2,1-2H3. The summed E-state index contributed by atoms with van der Waals surface area (Å²) < 4.78 is 32.4. The molecule has 0 saturated carbocycles. The second kappa shape index (κ2) is 7.14. The summed E-state index contributed by atoms with van der Waals surface area (Å²) in [6.07, 6.45) is 2.87. The molecule has 20 heavy (non-hydrogen) atoms. The number of nitrogens with one attached hydrogen (secondary N) is 1. The molecule has 2 rings (SSSR count). The average molecular weight is 283 g/mol. The summed E-state index contributed by atoms with van der Waals surface area (Å²) in [5.41, 5.74) is 0.569. The topological polar surface area (TPSA) is 21.3 Å². The number of rotatable bonds is 6. The van der Waals surface area contributed by atoms with Crippen molar-refractivity contribution in [2.45, 2.75) is 45.3 Å². The molecule has 1 aliphatic rings. The monoisotopic (exact) mass is 283 g/mol. The van der Waals surface area contributed by atoms with Gasteiger partial charge in [0.2, 0.25) is 0 Å². The van der Waals surface area contributed by atoms with Gasteiger partial charge in [-0.25, -0.2) is 8.78 Å². The Morgan fingerprint density at radius 1 is 1.40 bits per heavy atom. The Morgan fingerprint density at radius 2 is 2.20 bits per heavy atom. The summed E-state index contributed by atoms with van der Waals surface area (Å²) in [4.78, 5) is 0. The maximum atomic E-state index is 13.8. The fraction of sp³-hybridized carbons (Fsp3) is 0.625. The van der Waals surface area contributed by atoms with E-state index in [1.807, 2.05) is 0 Å². The van der Waals surface area contributed by atoms with E-state index in [9.17, 15) is 8.78 Å². The highest BCUT2D eigenvalue weighted by Gasteiger charge is 2.29. The van der Waals surface area contributed by atoms with Crippen LogP contribution < -0.4 is 5.32 Å². The Kier molecular flexibility index (Phi) is 5.49. The highest BCUT2D eigenvalue weighted by molar-refractivity contribution is 5.20. The number of hydrogen-bond donors (Lipinski definition) is 1. The fourth-order valence-electron chi connectivity index (χ4n) is 2.79. The Labute approximate surface area is 119 Å². The SMILES string of the molecule is CCCNC(Cc1ccc(F)cc1F)C1COC(C)C1. The summed E-state index contributed by atoms with van der Waals surface area (Å²) in [6, 6.07) is 4.01. The lowest BCUT2D eigenvalue weighted by atomic mass is 9.91. The normalized spacial score (nSPS) is 24.0. The molecule has 0 bridgehead atoms. The summed E-state index contributed by atoms with van der Waals surface area (Å²) in [5.74, 6) is -0.594. The van der Waals surface area contributed by atoms with E-state index in [4.69, 9.17) is 4.74 Å². The van der Waals surface area contributed by atoms with E-state index in [0.717, 1.165) is 25.5 Å². The van der Waals surface area contributed by atoms with Gasteiger partial charge in [-0.1, -0.05) is 13.0 Å². The van der Waals surface area contributed by atoms with Crippen LogP contribution >= 0.6 is 0 Å². The molecular weight excluding hydrogens is 260 g/mol. The molecule has 1 fully saturated rings. The van der Waals surface area contributed by atoms with Gasteiger partial charge in [0, 0.05) is 18.0 Å². The zero-order valence-electron chi connectivity index (χ0n) is 12.2. The highest BCUT2D eigenvalue weighted by Crippen LogP contribution is 2.25. The van der Waals surface area contributed by atoms with Crippen molar-refractivity contribution in [1.82, 2.24) is 5.32 Å². The quantitative estimate of drug-likeness (QED) is 0.865. The molecule has 2 nitrogen and oxygen atoms in total. The van der Waals surface area contributed by atoms with Gasteiger partial charge in [-0.15, -0.1) is 0 Å². The molecule has 1 aromatic carbocycles. The van der Waals surface area contributed by atoms with Crippen molar-refractivity contribution < 1.29 is 13.5 Å². The predicted molar refractivity (Wildman–Crippen MR) is 75.7 cm³/mol. The van der Waals surface area contributed by atoms with E-state index in [2.05, 4.69) is 19.2 Å². The fourth-order valence-corrected chi connectivity index (χ4v) is 2.79. The number of benzene rings is 1. The van der Waals surface area contributed by atoms with Crippen LogP contribution in [-0.4, -0.2) is 25.3 Å². The largest absolute Gasteiger partial charge is 0.378 e. The van der Waals surface area contributed by atoms with Crippen LogP contribution in [0.4, 0.5) is 8.78 Å². The van der Waals surface area contributed by atoms with Crippen LogP contribution in [0.15, 0.2) is 18.2 Å². The average Bonchev–Trinajstić information content (AvgIpc) is 2.83. The minimum absolute atomic E-state index is 0.180. The molecule has 1 saturated heterocycles. The Balaban J connectivity index is 2.06. The van der Waals surface area contributed by atoms with Crippen molar-refractivity contribution in [3.8, 4) is 0 Å². The van der Waals surface area contributed by atoms with Crippen molar-refractivity contribution in [2.24, 2.45) is 5.92 Å². The smallest absolute Gasteiger partial charge is 0.129 e. The molecule has 0 radical (unpaired) electrons. The summed E-state index contributed by atoms with van der Waals surface area (Å²) in [7, 11) is 0. The van der Waals surface area contributed by atoms with Crippen LogP contribution in [0, 0.1) is 17.6 Å². The van der Waals surface area contributed by atoms with Gasteiger partial charge in [0.15, 0.2) is 0 Å². The third kappa shape index (κ3) is 4.00. The van der Waals surface area contributed by atoms with Crippen LogP contribution in [0.25, 0.3) is 0 Å². The molecule has 3 atom stereocenters. The zero-order chi connectivity index (χ0) is 14.5. The molecule has 112 valence electrons. The van der Waals surface area contributed by atoms with Crippen LogP contribution in [0.3, 0.4) is 0 Å². The Bertz CT molecular complexity index is 438. The maximum absolute atomic E-state index is 13.8. The molecule has 3 unspecified atom stereocenters. The predicted octanol–water partition coefficient (Wildman–Crippen LogP) is 3.30. The molecule has 0 amide bonds. The van der Waals surface area contributed by atoms with Crippen LogP contribution in [0.1, 0.15) is 32.3 Å². The van der Waals surface area contributed by atoms with Gasteiger partial charge < -0.3 is 10.1 Å². The van der Waals surface area contributed by atoms with Crippen molar-refractivity contribution in [3.63, 3.8) is 0 Å². The summed E-state index contributed by atoms with van der Waals surface area (Å²) >= 11 is 0. The van der Waals surface area contributed by atoms with Crippen LogP contribution in [0.2, 0.25) is 0 Å². The highest BCUT2D eigenvalue weighted by atomic mass is 19.1. The minimum Gasteiger partial charge on any atom is -0.378 e. The lowest BCUT2D eigenvalue weighted by molar-refractivity contribution is 0.116. The molecule has 1 aromatic rings. The number of halogens is 2. The van der Waals surface area contributed by atoms with Gasteiger partial charge in [0.05, 0.1) is 12.7 Å².